The first-order valence-corrected chi connectivity index (χ1v) is 12.5. The van der Waals surface area contributed by atoms with Crippen LogP contribution >= 0.6 is 0 Å². The van der Waals surface area contributed by atoms with Crippen LogP contribution in [0.5, 0.6) is 0 Å². The first-order valence-electron chi connectivity index (χ1n) is 11.0. The lowest BCUT2D eigenvalue weighted by Crippen LogP contribution is -2.49. The van der Waals surface area contributed by atoms with Crippen LogP contribution in [-0.4, -0.2) is 19.3 Å². The number of fused-ring (bicyclic) bond motifs is 1. The molecule has 1 heterocycles. The SMILES string of the molecule is CC(C)C(F)(C(=O)NS(=O)(=O)c1cc(F)cc(F)c1)c1ccc(-c2ccc3cccc(F)c3c2)[nH]c1=O. The summed E-state index contributed by atoms with van der Waals surface area (Å²) in [6.07, 6.45) is 0. The van der Waals surface area contributed by atoms with Crippen molar-refractivity contribution in [1.29, 1.82) is 0 Å². The van der Waals surface area contributed by atoms with Crippen LogP contribution in [-0.2, 0) is 20.5 Å². The highest BCUT2D eigenvalue weighted by Gasteiger charge is 2.47. The molecule has 2 N–H and O–H groups in total. The highest BCUT2D eigenvalue weighted by atomic mass is 32.2. The number of carbonyl (C=O) groups excluding carboxylic acids is 1. The van der Waals surface area contributed by atoms with E-state index in [1.54, 1.807) is 24.3 Å². The largest absolute Gasteiger partial charge is 0.322 e. The number of nitrogens with one attached hydrogen (secondary N) is 2. The molecule has 192 valence electrons. The third-order valence-corrected chi connectivity index (χ3v) is 7.25. The molecular formula is C26H20F4N2O4S. The second-order valence-corrected chi connectivity index (χ2v) is 10.4. The number of aromatic amines is 1. The number of benzene rings is 3. The highest BCUT2D eigenvalue weighted by Crippen LogP contribution is 2.34. The lowest BCUT2D eigenvalue weighted by atomic mass is 9.85. The summed E-state index contributed by atoms with van der Waals surface area (Å²) < 4.78 is 84.0. The van der Waals surface area contributed by atoms with Crippen LogP contribution in [0.3, 0.4) is 0 Å². The van der Waals surface area contributed by atoms with Crippen molar-refractivity contribution in [2.75, 3.05) is 0 Å². The predicted molar refractivity (Wildman–Crippen MR) is 129 cm³/mol. The number of hydrogen-bond acceptors (Lipinski definition) is 4. The fourth-order valence-electron chi connectivity index (χ4n) is 3.96. The molecule has 1 atom stereocenters. The molecule has 6 nitrogen and oxygen atoms in total. The van der Waals surface area contributed by atoms with E-state index in [-0.39, 0.29) is 5.69 Å². The zero-order valence-corrected chi connectivity index (χ0v) is 20.3. The molecule has 1 unspecified atom stereocenters. The summed E-state index contributed by atoms with van der Waals surface area (Å²) in [6, 6.07) is 13.0. The van der Waals surface area contributed by atoms with Gasteiger partial charge in [-0.2, -0.15) is 0 Å². The Labute approximate surface area is 209 Å². The Kier molecular flexibility index (Phi) is 6.68. The standard InChI is InChI=1S/C26H20F4N2O4S/c1-14(2)26(30,25(34)32-37(35,36)19-12-17(27)11-18(28)13-19)21-8-9-23(31-24(21)33)16-7-6-15-4-3-5-22(29)20(15)10-16/h3-14H,1-2H3,(H,31,33)(H,32,34). The fraction of sp³-hybridized carbons (Fsp3) is 0.154. The van der Waals surface area contributed by atoms with E-state index in [2.05, 4.69) is 4.98 Å². The molecule has 37 heavy (non-hydrogen) atoms. The maximum atomic E-state index is 16.2. The van der Waals surface area contributed by atoms with Gasteiger partial charge in [0.2, 0.25) is 5.67 Å². The average Bonchev–Trinajstić information content (AvgIpc) is 2.82. The number of aromatic nitrogens is 1. The Morgan fingerprint density at radius 3 is 2.24 bits per heavy atom. The number of rotatable bonds is 6. The van der Waals surface area contributed by atoms with Crippen LogP contribution < -0.4 is 10.3 Å². The van der Waals surface area contributed by atoms with Gasteiger partial charge in [0.15, 0.2) is 0 Å². The molecule has 0 saturated carbocycles. The van der Waals surface area contributed by atoms with E-state index < -0.39 is 61.0 Å². The Morgan fingerprint density at radius 2 is 1.62 bits per heavy atom. The normalized spacial score (nSPS) is 13.5. The highest BCUT2D eigenvalue weighted by molar-refractivity contribution is 7.90. The number of hydrogen-bond donors (Lipinski definition) is 2. The van der Waals surface area contributed by atoms with Crippen molar-refractivity contribution >= 4 is 26.7 Å². The number of H-pyrrole nitrogens is 1. The van der Waals surface area contributed by atoms with Gasteiger partial charge in [-0.15, -0.1) is 0 Å². The molecule has 3 aromatic carbocycles. The van der Waals surface area contributed by atoms with Gasteiger partial charge in [-0.1, -0.05) is 38.1 Å². The van der Waals surface area contributed by atoms with Crippen molar-refractivity contribution in [1.82, 2.24) is 9.71 Å². The van der Waals surface area contributed by atoms with Gasteiger partial charge in [0.05, 0.1) is 10.5 Å². The van der Waals surface area contributed by atoms with Gasteiger partial charge >= 0.3 is 0 Å². The second-order valence-electron chi connectivity index (χ2n) is 8.70. The zero-order chi connectivity index (χ0) is 27.1. The van der Waals surface area contributed by atoms with Crippen LogP contribution in [0, 0.1) is 23.4 Å². The summed E-state index contributed by atoms with van der Waals surface area (Å²) in [5.41, 5.74) is -4.23. The molecule has 0 radical (unpaired) electrons. The molecule has 0 aliphatic heterocycles. The number of amides is 1. The maximum absolute atomic E-state index is 16.2. The lowest BCUT2D eigenvalue weighted by molar-refractivity contribution is -0.134. The van der Waals surface area contributed by atoms with Gasteiger partial charge in [-0.3, -0.25) is 9.59 Å². The number of carbonyl (C=O) groups is 1. The van der Waals surface area contributed by atoms with Crippen molar-refractivity contribution < 1.29 is 30.8 Å². The predicted octanol–water partition coefficient (Wildman–Crippen LogP) is 4.94. The molecule has 0 spiro atoms. The molecular weight excluding hydrogens is 512 g/mol. The van der Waals surface area contributed by atoms with Crippen LogP contribution in [0.15, 0.2) is 76.4 Å². The molecule has 4 rings (SSSR count). The van der Waals surface area contributed by atoms with Crippen molar-refractivity contribution in [2.24, 2.45) is 5.92 Å². The van der Waals surface area contributed by atoms with Crippen LogP contribution in [0.4, 0.5) is 17.6 Å². The number of halogens is 4. The van der Waals surface area contributed by atoms with E-state index in [1.807, 2.05) is 0 Å². The average molecular weight is 533 g/mol. The molecule has 0 aliphatic carbocycles. The first kappa shape index (κ1) is 26.1. The van der Waals surface area contributed by atoms with Crippen LogP contribution in [0.1, 0.15) is 19.4 Å². The van der Waals surface area contributed by atoms with Gasteiger partial charge < -0.3 is 4.98 Å². The summed E-state index contributed by atoms with van der Waals surface area (Å²) in [5.74, 6) is -5.85. The Hall–Kier alpha value is -3.99. The summed E-state index contributed by atoms with van der Waals surface area (Å²) in [5, 5.41) is 0.923. The van der Waals surface area contributed by atoms with E-state index in [0.29, 0.717) is 34.5 Å². The van der Waals surface area contributed by atoms with Gasteiger partial charge in [-0.05, 0) is 47.3 Å². The lowest BCUT2D eigenvalue weighted by Gasteiger charge is -2.27. The Morgan fingerprint density at radius 1 is 0.946 bits per heavy atom. The summed E-state index contributed by atoms with van der Waals surface area (Å²) >= 11 is 0. The zero-order valence-electron chi connectivity index (χ0n) is 19.5. The molecule has 1 amide bonds. The van der Waals surface area contributed by atoms with E-state index in [1.165, 1.54) is 36.8 Å². The minimum absolute atomic E-state index is 0.202. The Balaban J connectivity index is 1.72. The molecule has 0 bridgehead atoms. The summed E-state index contributed by atoms with van der Waals surface area (Å²) in [6.45, 7) is 2.51. The third kappa shape index (κ3) is 4.86. The summed E-state index contributed by atoms with van der Waals surface area (Å²) in [7, 11) is -4.89. The molecule has 0 saturated heterocycles. The summed E-state index contributed by atoms with van der Waals surface area (Å²) in [4.78, 5) is 27.4. The van der Waals surface area contributed by atoms with E-state index in [0.717, 1.165) is 6.07 Å². The van der Waals surface area contributed by atoms with Crippen LogP contribution in [0.2, 0.25) is 0 Å². The first-order chi connectivity index (χ1) is 17.3. The monoisotopic (exact) mass is 532 g/mol. The van der Waals surface area contributed by atoms with E-state index >= 15 is 4.39 Å². The van der Waals surface area contributed by atoms with Gasteiger partial charge in [-0.25, -0.2) is 30.7 Å². The molecule has 0 fully saturated rings. The smallest absolute Gasteiger partial charge is 0.276 e. The van der Waals surface area contributed by atoms with Crippen molar-refractivity contribution in [3.8, 4) is 11.3 Å². The molecule has 1 aromatic heterocycles. The van der Waals surface area contributed by atoms with Gasteiger partial charge in [0, 0.05) is 23.1 Å². The van der Waals surface area contributed by atoms with E-state index in [4.69, 9.17) is 0 Å². The van der Waals surface area contributed by atoms with Crippen molar-refractivity contribution in [3.05, 3.63) is 100 Å². The molecule has 11 heteroatoms. The van der Waals surface area contributed by atoms with Gasteiger partial charge in [0.1, 0.15) is 17.5 Å². The number of sulfonamides is 1. The third-order valence-electron chi connectivity index (χ3n) is 5.94. The Bertz CT molecular complexity index is 1680. The maximum Gasteiger partial charge on any atom is 0.276 e. The van der Waals surface area contributed by atoms with Crippen molar-refractivity contribution in [2.45, 2.75) is 24.4 Å². The van der Waals surface area contributed by atoms with Crippen LogP contribution in [0.25, 0.3) is 22.0 Å². The minimum Gasteiger partial charge on any atom is -0.322 e. The number of alkyl halides is 1. The number of pyridine rings is 1. The molecule has 0 aliphatic rings. The fourth-order valence-corrected chi connectivity index (χ4v) is 5.01. The second kappa shape index (κ2) is 9.47. The molecule has 4 aromatic rings. The minimum atomic E-state index is -4.89. The van der Waals surface area contributed by atoms with Crippen molar-refractivity contribution in [3.63, 3.8) is 0 Å². The van der Waals surface area contributed by atoms with E-state index in [9.17, 15) is 31.2 Å². The topological polar surface area (TPSA) is 96.1 Å². The quantitative estimate of drug-likeness (QED) is 0.344. The van der Waals surface area contributed by atoms with Gasteiger partial charge in [0.25, 0.3) is 21.5 Å².